The van der Waals surface area contributed by atoms with Crippen LogP contribution >= 0.6 is 0 Å². The highest BCUT2D eigenvalue weighted by Crippen LogP contribution is 2.37. The fraction of sp³-hybridized carbons (Fsp3) is 0.348. The number of nitrogens with zero attached hydrogens (tertiary/aromatic N) is 3. The van der Waals surface area contributed by atoms with Gasteiger partial charge in [-0.1, -0.05) is 32.9 Å². The molecule has 1 aliphatic rings. The molecule has 1 atom stereocenters. The fourth-order valence-corrected chi connectivity index (χ4v) is 5.90. The third-order valence-electron chi connectivity index (χ3n) is 5.65. The third-order valence-corrected chi connectivity index (χ3v) is 8.57. The molecule has 0 spiro atoms. The summed E-state index contributed by atoms with van der Waals surface area (Å²) in [6, 6.07) is 6.40. The van der Waals surface area contributed by atoms with Crippen LogP contribution in [0.25, 0.3) is 11.5 Å². The smallest absolute Gasteiger partial charge is 0.250 e. The Bertz CT molecular complexity index is 1560. The summed E-state index contributed by atoms with van der Waals surface area (Å²) in [6.45, 7) is 5.37. The van der Waals surface area contributed by atoms with Crippen LogP contribution in [-0.2, 0) is 36.4 Å². The molecule has 0 aliphatic carbocycles. The molecule has 1 aliphatic heterocycles. The van der Waals surface area contributed by atoms with Crippen LogP contribution in [0.15, 0.2) is 50.6 Å². The Morgan fingerprint density at radius 2 is 1.81 bits per heavy atom. The van der Waals surface area contributed by atoms with Gasteiger partial charge in [-0.25, -0.2) is 21.2 Å². The van der Waals surface area contributed by atoms with Gasteiger partial charge in [0.1, 0.15) is 5.82 Å². The molecule has 0 bridgehead atoms. The number of hydrogen-bond donors (Lipinski definition) is 1. The molecule has 1 aromatic heterocycles. The molecule has 2 N–H and O–H groups in total. The number of carbonyl (C=O) groups is 1. The number of nitrogens with two attached hydrogens (primary N) is 1. The normalized spacial score (nSPS) is 18.1. The van der Waals surface area contributed by atoms with Crippen molar-refractivity contribution in [3.8, 4) is 11.5 Å². The van der Waals surface area contributed by atoms with Crippen LogP contribution in [0.3, 0.4) is 0 Å². The minimum absolute atomic E-state index is 0.0866. The molecular formula is C23H25FN4O6S2. The van der Waals surface area contributed by atoms with Gasteiger partial charge in [-0.05, 0) is 29.8 Å². The molecule has 10 nitrogen and oxygen atoms in total. The molecule has 0 fully saturated rings. The van der Waals surface area contributed by atoms with E-state index in [1.165, 1.54) is 30.3 Å². The summed E-state index contributed by atoms with van der Waals surface area (Å²) < 4.78 is 70.3. The van der Waals surface area contributed by atoms with Crippen molar-refractivity contribution in [2.24, 2.45) is 5.73 Å². The maximum atomic E-state index is 15.2. The van der Waals surface area contributed by atoms with Crippen molar-refractivity contribution in [2.45, 2.75) is 48.6 Å². The van der Waals surface area contributed by atoms with Gasteiger partial charge < -0.3 is 15.1 Å². The van der Waals surface area contributed by atoms with E-state index in [9.17, 15) is 21.6 Å². The number of rotatable bonds is 4. The van der Waals surface area contributed by atoms with Crippen LogP contribution in [-0.4, -0.2) is 51.0 Å². The Labute approximate surface area is 208 Å². The first kappa shape index (κ1) is 25.9. The zero-order valence-electron chi connectivity index (χ0n) is 20.0. The average Bonchev–Trinajstić information content (AvgIpc) is 3.25. The SMILES string of the molecule is CC(C)(C)c1nnc(-c2cc3c(cc2F)S(=O)(=O)C[C@H](N)C(=O)N3Cc2ccc(S(C)(=O)=O)cc2)o1. The molecule has 0 radical (unpaired) electrons. The van der Waals surface area contributed by atoms with E-state index < -0.39 is 53.5 Å². The predicted octanol–water partition coefficient (Wildman–Crippen LogP) is 2.22. The Morgan fingerprint density at radius 1 is 1.17 bits per heavy atom. The molecule has 13 heteroatoms. The van der Waals surface area contributed by atoms with E-state index in [1.807, 2.05) is 20.8 Å². The van der Waals surface area contributed by atoms with Crippen molar-refractivity contribution in [1.82, 2.24) is 10.2 Å². The van der Waals surface area contributed by atoms with Crippen LogP contribution in [0.4, 0.5) is 10.1 Å². The highest BCUT2D eigenvalue weighted by Gasteiger charge is 2.37. The number of hydrogen-bond acceptors (Lipinski definition) is 9. The minimum Gasteiger partial charge on any atom is -0.420 e. The number of carbonyl (C=O) groups excluding carboxylic acids is 1. The average molecular weight is 537 g/mol. The van der Waals surface area contributed by atoms with Crippen LogP contribution < -0.4 is 10.6 Å². The summed E-state index contributed by atoms with van der Waals surface area (Å²) in [5.74, 6) is -2.23. The van der Waals surface area contributed by atoms with Gasteiger partial charge in [0.2, 0.25) is 11.8 Å². The number of halogens is 1. The van der Waals surface area contributed by atoms with Crippen LogP contribution in [0.5, 0.6) is 0 Å². The topological polar surface area (TPSA) is 154 Å². The first-order valence-corrected chi connectivity index (χ1v) is 14.4. The van der Waals surface area contributed by atoms with E-state index >= 15 is 4.39 Å². The van der Waals surface area contributed by atoms with E-state index in [0.717, 1.165) is 17.2 Å². The van der Waals surface area contributed by atoms with Gasteiger partial charge in [-0.3, -0.25) is 4.79 Å². The van der Waals surface area contributed by atoms with E-state index in [-0.39, 0.29) is 34.5 Å². The Balaban J connectivity index is 1.86. The van der Waals surface area contributed by atoms with Crippen molar-refractivity contribution in [2.75, 3.05) is 16.9 Å². The molecule has 2 heterocycles. The van der Waals surface area contributed by atoms with Gasteiger partial charge in [0, 0.05) is 11.7 Å². The van der Waals surface area contributed by atoms with Gasteiger partial charge in [0.25, 0.3) is 5.89 Å². The summed E-state index contributed by atoms with van der Waals surface area (Å²) in [6.07, 6.45) is 1.07. The molecule has 0 saturated carbocycles. The summed E-state index contributed by atoms with van der Waals surface area (Å²) in [5.41, 5.74) is 5.64. The lowest BCUT2D eigenvalue weighted by Gasteiger charge is -2.24. The maximum Gasteiger partial charge on any atom is 0.250 e. The lowest BCUT2D eigenvalue weighted by molar-refractivity contribution is -0.119. The molecule has 3 aromatic rings. The number of benzene rings is 2. The Kier molecular flexibility index (Phi) is 6.30. The van der Waals surface area contributed by atoms with Gasteiger partial charge in [0.05, 0.1) is 39.4 Å². The van der Waals surface area contributed by atoms with Crippen molar-refractivity contribution < 1.29 is 30.4 Å². The van der Waals surface area contributed by atoms with Crippen LogP contribution in [0, 0.1) is 5.82 Å². The van der Waals surface area contributed by atoms with Crippen LogP contribution in [0.2, 0.25) is 0 Å². The Hall–Kier alpha value is -3.16. The lowest BCUT2D eigenvalue weighted by Crippen LogP contribution is -2.45. The molecule has 0 unspecified atom stereocenters. The lowest BCUT2D eigenvalue weighted by atomic mass is 9.97. The summed E-state index contributed by atoms with van der Waals surface area (Å²) in [7, 11) is -7.56. The first-order valence-electron chi connectivity index (χ1n) is 10.8. The van der Waals surface area contributed by atoms with E-state index in [0.29, 0.717) is 5.56 Å². The fourth-order valence-electron chi connectivity index (χ4n) is 3.71. The summed E-state index contributed by atoms with van der Waals surface area (Å²) in [5, 5.41) is 7.86. The van der Waals surface area contributed by atoms with Gasteiger partial charge in [0.15, 0.2) is 19.7 Å². The second kappa shape index (κ2) is 8.75. The van der Waals surface area contributed by atoms with Crippen LogP contribution in [0.1, 0.15) is 32.2 Å². The van der Waals surface area contributed by atoms with Crippen molar-refractivity contribution in [3.05, 3.63) is 53.7 Å². The zero-order chi connectivity index (χ0) is 26.6. The largest absolute Gasteiger partial charge is 0.420 e. The molecule has 192 valence electrons. The highest BCUT2D eigenvalue weighted by molar-refractivity contribution is 7.91. The zero-order valence-corrected chi connectivity index (χ0v) is 21.7. The van der Waals surface area contributed by atoms with Gasteiger partial charge in [-0.15, -0.1) is 10.2 Å². The second-order valence-corrected chi connectivity index (χ2v) is 13.7. The molecule has 1 amide bonds. The highest BCUT2D eigenvalue weighted by atomic mass is 32.2. The number of aromatic nitrogens is 2. The monoisotopic (exact) mass is 536 g/mol. The van der Waals surface area contributed by atoms with Crippen molar-refractivity contribution in [3.63, 3.8) is 0 Å². The molecule has 0 saturated heterocycles. The Morgan fingerprint density at radius 3 is 2.36 bits per heavy atom. The standard InChI is InChI=1S/C23H25FN4O6S2/c1-23(2,3)22-27-26-20(34-22)15-9-18-19(10-16(15)24)36(32,33)12-17(25)21(29)28(18)11-13-5-7-14(8-6-13)35(4,30)31/h5-10,17H,11-12,25H2,1-4H3/t17-/m0/s1. The first-order chi connectivity index (χ1) is 16.6. The van der Waals surface area contributed by atoms with Gasteiger partial charge in [-0.2, -0.15) is 0 Å². The number of sulfone groups is 2. The third kappa shape index (κ3) is 4.90. The quantitative estimate of drug-likeness (QED) is 0.529. The summed E-state index contributed by atoms with van der Waals surface area (Å²) in [4.78, 5) is 14.0. The molecule has 2 aromatic carbocycles. The minimum atomic E-state index is -4.12. The molecular weight excluding hydrogens is 511 g/mol. The van der Waals surface area contributed by atoms with Crippen molar-refractivity contribution in [1.29, 1.82) is 0 Å². The number of amides is 1. The maximum absolute atomic E-state index is 15.2. The van der Waals surface area contributed by atoms with Gasteiger partial charge >= 0.3 is 0 Å². The molecule has 36 heavy (non-hydrogen) atoms. The summed E-state index contributed by atoms with van der Waals surface area (Å²) >= 11 is 0. The predicted molar refractivity (Wildman–Crippen MR) is 129 cm³/mol. The number of anilines is 1. The number of fused-ring (bicyclic) bond motifs is 1. The van der Waals surface area contributed by atoms with E-state index in [4.69, 9.17) is 10.2 Å². The van der Waals surface area contributed by atoms with E-state index in [1.54, 1.807) is 0 Å². The van der Waals surface area contributed by atoms with E-state index in [2.05, 4.69) is 10.2 Å². The second-order valence-electron chi connectivity index (χ2n) is 9.69. The van der Waals surface area contributed by atoms with Crippen molar-refractivity contribution >= 4 is 31.3 Å². The molecule has 4 rings (SSSR count).